The van der Waals surface area contributed by atoms with Gasteiger partial charge in [-0.3, -0.25) is 4.90 Å². The van der Waals surface area contributed by atoms with Crippen molar-refractivity contribution in [3.05, 3.63) is 0 Å². The fourth-order valence-corrected chi connectivity index (χ4v) is 3.58. The molecule has 0 aromatic carbocycles. The van der Waals surface area contributed by atoms with Gasteiger partial charge in [0.15, 0.2) is 0 Å². The maximum atomic E-state index is 6.11. The Labute approximate surface area is 104 Å². The van der Waals surface area contributed by atoms with E-state index in [-0.39, 0.29) is 11.6 Å². The minimum Gasteiger partial charge on any atom is -0.380 e. The molecule has 4 heteroatoms. The van der Waals surface area contributed by atoms with E-state index in [4.69, 9.17) is 15.2 Å². The molecular weight excluding hydrogens is 216 g/mol. The summed E-state index contributed by atoms with van der Waals surface area (Å²) in [6.45, 7) is 2.80. The molecule has 0 bridgehead atoms. The van der Waals surface area contributed by atoms with E-state index >= 15 is 0 Å². The zero-order chi connectivity index (χ0) is 12.3. The number of rotatable bonds is 4. The third-order valence-corrected chi connectivity index (χ3v) is 4.67. The first kappa shape index (κ1) is 13.3. The van der Waals surface area contributed by atoms with Gasteiger partial charge in [0.2, 0.25) is 0 Å². The van der Waals surface area contributed by atoms with Crippen LogP contribution < -0.4 is 5.73 Å². The molecule has 0 aromatic rings. The maximum absolute atomic E-state index is 6.11. The van der Waals surface area contributed by atoms with Crippen LogP contribution in [0.2, 0.25) is 0 Å². The van der Waals surface area contributed by atoms with E-state index in [2.05, 4.69) is 4.90 Å². The number of ether oxygens (including phenoxy) is 2. The molecule has 100 valence electrons. The number of nitrogens with two attached hydrogens (primary N) is 1. The van der Waals surface area contributed by atoms with Gasteiger partial charge in [0.05, 0.1) is 17.7 Å². The normalized spacial score (nSPS) is 39.7. The van der Waals surface area contributed by atoms with Crippen LogP contribution in [0.25, 0.3) is 0 Å². The first-order valence-electron chi connectivity index (χ1n) is 6.77. The van der Waals surface area contributed by atoms with Gasteiger partial charge in [0.1, 0.15) is 0 Å². The minimum atomic E-state index is 0.0558. The lowest BCUT2D eigenvalue weighted by molar-refractivity contribution is -0.0710. The van der Waals surface area contributed by atoms with Crippen LogP contribution in [-0.4, -0.2) is 56.5 Å². The van der Waals surface area contributed by atoms with Gasteiger partial charge in [-0.2, -0.15) is 0 Å². The lowest BCUT2D eigenvalue weighted by Crippen LogP contribution is -2.62. The topological polar surface area (TPSA) is 47.7 Å². The summed E-state index contributed by atoms with van der Waals surface area (Å²) in [5.41, 5.74) is 6.16. The Balaban J connectivity index is 2.11. The maximum Gasteiger partial charge on any atom is 0.0767 e. The average Bonchev–Trinajstić information content (AvgIpc) is 2.87. The highest BCUT2D eigenvalue weighted by Gasteiger charge is 2.47. The lowest BCUT2D eigenvalue weighted by Gasteiger charge is -2.48. The quantitative estimate of drug-likeness (QED) is 0.799. The van der Waals surface area contributed by atoms with Crippen molar-refractivity contribution in [2.75, 3.05) is 33.9 Å². The number of nitrogens with zero attached hydrogens (tertiary/aromatic N) is 1. The van der Waals surface area contributed by atoms with Crippen LogP contribution >= 0.6 is 0 Å². The number of hydrogen-bond acceptors (Lipinski definition) is 4. The first-order valence-corrected chi connectivity index (χ1v) is 6.77. The second-order valence-corrected chi connectivity index (χ2v) is 5.37. The summed E-state index contributed by atoms with van der Waals surface area (Å²) in [4.78, 5) is 2.52. The highest BCUT2D eigenvalue weighted by molar-refractivity contribution is 5.03. The van der Waals surface area contributed by atoms with Crippen molar-refractivity contribution in [2.45, 2.75) is 49.9 Å². The largest absolute Gasteiger partial charge is 0.380 e. The second-order valence-electron chi connectivity index (χ2n) is 5.37. The van der Waals surface area contributed by atoms with Crippen molar-refractivity contribution < 1.29 is 9.47 Å². The van der Waals surface area contributed by atoms with Crippen LogP contribution in [0.3, 0.4) is 0 Å². The zero-order valence-electron chi connectivity index (χ0n) is 11.2. The van der Waals surface area contributed by atoms with E-state index in [0.29, 0.717) is 12.6 Å². The summed E-state index contributed by atoms with van der Waals surface area (Å²) in [5.74, 6) is 0. The molecule has 1 heterocycles. The summed E-state index contributed by atoms with van der Waals surface area (Å²) < 4.78 is 11.2. The molecule has 2 N–H and O–H groups in total. The van der Waals surface area contributed by atoms with Crippen molar-refractivity contribution in [1.29, 1.82) is 0 Å². The summed E-state index contributed by atoms with van der Waals surface area (Å²) in [5, 5.41) is 0. The minimum absolute atomic E-state index is 0.0558. The lowest BCUT2D eigenvalue weighted by atomic mass is 9.77. The molecule has 4 nitrogen and oxygen atoms in total. The Morgan fingerprint density at radius 1 is 1.24 bits per heavy atom. The van der Waals surface area contributed by atoms with Crippen molar-refractivity contribution >= 4 is 0 Å². The fraction of sp³-hybridized carbons (Fsp3) is 1.00. The highest BCUT2D eigenvalue weighted by Crippen LogP contribution is 2.37. The molecule has 1 saturated carbocycles. The molecule has 1 aliphatic carbocycles. The summed E-state index contributed by atoms with van der Waals surface area (Å²) in [6, 6.07) is 0. The summed E-state index contributed by atoms with van der Waals surface area (Å²) in [7, 11) is 3.63. The third-order valence-electron chi connectivity index (χ3n) is 4.67. The highest BCUT2D eigenvalue weighted by atomic mass is 16.5. The Kier molecular flexibility index (Phi) is 4.42. The van der Waals surface area contributed by atoms with Gasteiger partial charge in [-0.1, -0.05) is 12.8 Å². The zero-order valence-corrected chi connectivity index (χ0v) is 11.2. The molecule has 2 fully saturated rings. The van der Waals surface area contributed by atoms with Gasteiger partial charge < -0.3 is 15.2 Å². The monoisotopic (exact) mass is 242 g/mol. The van der Waals surface area contributed by atoms with Crippen LogP contribution in [0.1, 0.15) is 32.1 Å². The second kappa shape index (κ2) is 5.65. The van der Waals surface area contributed by atoms with Crippen molar-refractivity contribution in [2.24, 2.45) is 5.73 Å². The van der Waals surface area contributed by atoms with Crippen molar-refractivity contribution in [1.82, 2.24) is 4.90 Å². The number of likely N-dealkylation sites (tertiary alicyclic amines) is 1. The van der Waals surface area contributed by atoms with Crippen LogP contribution in [0.5, 0.6) is 0 Å². The molecule has 1 aliphatic heterocycles. The Morgan fingerprint density at radius 3 is 2.65 bits per heavy atom. The SMILES string of the molecule is COC1CCN(C2(CN)CCCCC2OC)C1. The van der Waals surface area contributed by atoms with E-state index < -0.39 is 0 Å². The molecule has 2 rings (SSSR count). The first-order chi connectivity index (χ1) is 8.26. The van der Waals surface area contributed by atoms with Crippen molar-refractivity contribution in [3.63, 3.8) is 0 Å². The summed E-state index contributed by atoms with van der Waals surface area (Å²) >= 11 is 0. The number of hydrogen-bond donors (Lipinski definition) is 1. The predicted octanol–water partition coefficient (Wildman–Crippen LogP) is 0.994. The average molecular weight is 242 g/mol. The molecule has 3 atom stereocenters. The van der Waals surface area contributed by atoms with Crippen LogP contribution in [0, 0.1) is 0 Å². The third kappa shape index (κ3) is 2.36. The van der Waals surface area contributed by atoms with Crippen molar-refractivity contribution in [3.8, 4) is 0 Å². The molecule has 2 aliphatic rings. The van der Waals surface area contributed by atoms with Crippen LogP contribution in [-0.2, 0) is 9.47 Å². The van der Waals surface area contributed by atoms with Gasteiger partial charge in [-0.15, -0.1) is 0 Å². The van der Waals surface area contributed by atoms with Gasteiger partial charge in [-0.25, -0.2) is 0 Å². The van der Waals surface area contributed by atoms with E-state index in [0.717, 1.165) is 25.9 Å². The standard InChI is InChI=1S/C13H26N2O2/c1-16-11-6-8-15(9-11)13(10-14)7-4-3-5-12(13)17-2/h11-12H,3-10,14H2,1-2H3. The predicted molar refractivity (Wildman–Crippen MR) is 68.0 cm³/mol. The molecule has 17 heavy (non-hydrogen) atoms. The summed E-state index contributed by atoms with van der Waals surface area (Å²) in [6.07, 6.45) is 6.62. The van der Waals surface area contributed by atoms with Crippen LogP contribution in [0.15, 0.2) is 0 Å². The Hall–Kier alpha value is -0.160. The van der Waals surface area contributed by atoms with E-state index in [1.165, 1.54) is 19.3 Å². The molecule has 3 unspecified atom stereocenters. The molecular formula is C13H26N2O2. The molecule has 0 spiro atoms. The van der Waals surface area contributed by atoms with Gasteiger partial charge in [-0.05, 0) is 19.3 Å². The van der Waals surface area contributed by atoms with E-state index in [1.807, 2.05) is 7.11 Å². The smallest absolute Gasteiger partial charge is 0.0767 e. The van der Waals surface area contributed by atoms with Gasteiger partial charge in [0.25, 0.3) is 0 Å². The molecule has 0 radical (unpaired) electrons. The molecule has 0 aromatic heterocycles. The Morgan fingerprint density at radius 2 is 2.06 bits per heavy atom. The van der Waals surface area contributed by atoms with E-state index in [9.17, 15) is 0 Å². The molecule has 0 amide bonds. The van der Waals surface area contributed by atoms with E-state index in [1.54, 1.807) is 7.11 Å². The molecule has 1 saturated heterocycles. The fourth-order valence-electron chi connectivity index (χ4n) is 3.58. The van der Waals surface area contributed by atoms with Gasteiger partial charge in [0, 0.05) is 33.9 Å². The Bertz CT molecular complexity index is 250. The number of methoxy groups -OCH3 is 2. The van der Waals surface area contributed by atoms with Crippen LogP contribution in [0.4, 0.5) is 0 Å². The van der Waals surface area contributed by atoms with Gasteiger partial charge >= 0.3 is 0 Å².